The Kier molecular flexibility index (Phi) is 6.59. The summed E-state index contributed by atoms with van der Waals surface area (Å²) in [6.45, 7) is 8.82. The summed E-state index contributed by atoms with van der Waals surface area (Å²) in [4.78, 5) is 0. The van der Waals surface area contributed by atoms with Crippen LogP contribution in [0.2, 0.25) is 0 Å². The molecule has 0 aliphatic heterocycles. The molecule has 0 bridgehead atoms. The Labute approximate surface area is 117 Å². The summed E-state index contributed by atoms with van der Waals surface area (Å²) in [5, 5.41) is 12.3. The molecule has 1 aromatic carbocycles. The van der Waals surface area contributed by atoms with Crippen LogP contribution in [0.25, 0.3) is 0 Å². The lowest BCUT2D eigenvalue weighted by Crippen LogP contribution is -2.29. The first kappa shape index (κ1) is 15.7. The lowest BCUT2D eigenvalue weighted by atomic mass is 9.87. The van der Waals surface area contributed by atoms with Gasteiger partial charge in [0, 0.05) is 13.1 Å². The summed E-state index contributed by atoms with van der Waals surface area (Å²) in [6.07, 6.45) is 5.22. The summed E-state index contributed by atoms with van der Waals surface area (Å²) >= 11 is 0. The predicted octanol–water partition coefficient (Wildman–Crippen LogP) is 4.25. The summed E-state index contributed by atoms with van der Waals surface area (Å²) in [6, 6.07) is 9.95. The number of benzene rings is 1. The summed E-state index contributed by atoms with van der Waals surface area (Å²) in [5.74, 6) is 0. The van der Waals surface area contributed by atoms with Gasteiger partial charge in [0.05, 0.1) is 11.6 Å². The fourth-order valence-corrected chi connectivity index (χ4v) is 2.18. The Morgan fingerprint density at radius 2 is 1.84 bits per heavy atom. The van der Waals surface area contributed by atoms with E-state index in [0.717, 1.165) is 18.7 Å². The molecule has 0 heterocycles. The molecule has 104 valence electrons. The molecule has 0 amide bonds. The number of rotatable bonds is 8. The second-order valence-electron chi connectivity index (χ2n) is 6.03. The van der Waals surface area contributed by atoms with Gasteiger partial charge in [-0.15, -0.1) is 0 Å². The van der Waals surface area contributed by atoms with E-state index in [4.69, 9.17) is 5.26 Å². The van der Waals surface area contributed by atoms with Gasteiger partial charge >= 0.3 is 0 Å². The molecule has 2 heteroatoms. The van der Waals surface area contributed by atoms with Crippen LogP contribution in [0.5, 0.6) is 0 Å². The maximum atomic E-state index is 8.75. The van der Waals surface area contributed by atoms with Crippen molar-refractivity contribution in [1.29, 1.82) is 5.26 Å². The highest BCUT2D eigenvalue weighted by molar-refractivity contribution is 5.31. The average Bonchev–Trinajstić information content (AvgIpc) is 2.39. The topological polar surface area (TPSA) is 35.8 Å². The van der Waals surface area contributed by atoms with Crippen molar-refractivity contribution in [2.45, 2.75) is 53.0 Å². The van der Waals surface area contributed by atoms with Gasteiger partial charge in [0.15, 0.2) is 0 Å². The number of unbranched alkanes of at least 4 members (excludes halogenated alkanes) is 2. The van der Waals surface area contributed by atoms with Gasteiger partial charge in [-0.25, -0.2) is 0 Å². The van der Waals surface area contributed by atoms with Crippen molar-refractivity contribution < 1.29 is 0 Å². The normalized spacial score (nSPS) is 11.3. The molecule has 0 atom stereocenters. The molecule has 0 saturated carbocycles. The Balaban J connectivity index is 2.30. The van der Waals surface area contributed by atoms with Gasteiger partial charge in [0.2, 0.25) is 0 Å². The third kappa shape index (κ3) is 6.40. The van der Waals surface area contributed by atoms with Crippen molar-refractivity contribution in [2.24, 2.45) is 5.41 Å². The minimum Gasteiger partial charge on any atom is -0.312 e. The SMILES string of the molecule is CCCCCC(C)(C)CNCc1ccc(C#N)cc1. The number of nitrogens with zero attached hydrogens (tertiary/aromatic N) is 1. The first-order valence-electron chi connectivity index (χ1n) is 7.27. The molecule has 0 fully saturated rings. The molecule has 0 unspecified atom stereocenters. The van der Waals surface area contributed by atoms with Crippen molar-refractivity contribution in [3.63, 3.8) is 0 Å². The second kappa shape index (κ2) is 7.96. The maximum Gasteiger partial charge on any atom is 0.0991 e. The second-order valence-corrected chi connectivity index (χ2v) is 6.03. The van der Waals surface area contributed by atoms with E-state index in [-0.39, 0.29) is 0 Å². The third-order valence-corrected chi connectivity index (χ3v) is 3.47. The fraction of sp³-hybridized carbons (Fsp3) is 0.588. The van der Waals surface area contributed by atoms with Crippen molar-refractivity contribution in [3.05, 3.63) is 35.4 Å². The van der Waals surface area contributed by atoms with E-state index >= 15 is 0 Å². The van der Waals surface area contributed by atoms with E-state index in [2.05, 4.69) is 32.2 Å². The number of nitriles is 1. The summed E-state index contributed by atoms with van der Waals surface area (Å²) < 4.78 is 0. The van der Waals surface area contributed by atoms with E-state index in [1.54, 1.807) is 0 Å². The zero-order valence-corrected chi connectivity index (χ0v) is 12.5. The van der Waals surface area contributed by atoms with Gasteiger partial charge in [-0.3, -0.25) is 0 Å². The zero-order chi connectivity index (χ0) is 14.1. The molecule has 19 heavy (non-hydrogen) atoms. The van der Waals surface area contributed by atoms with Crippen LogP contribution < -0.4 is 5.32 Å². The van der Waals surface area contributed by atoms with Crippen LogP contribution in [0, 0.1) is 16.7 Å². The smallest absolute Gasteiger partial charge is 0.0991 e. The molecule has 0 radical (unpaired) electrons. The number of nitrogens with one attached hydrogen (secondary N) is 1. The van der Waals surface area contributed by atoms with E-state index in [1.807, 2.05) is 24.3 Å². The quantitative estimate of drug-likeness (QED) is 0.707. The lowest BCUT2D eigenvalue weighted by molar-refractivity contribution is 0.302. The standard InChI is InChI=1S/C17H26N2/c1-4-5-6-11-17(2,3)14-19-13-16-9-7-15(12-18)8-10-16/h7-10,19H,4-6,11,13-14H2,1-3H3. The molecule has 1 rings (SSSR count). The van der Waals surface area contributed by atoms with Crippen LogP contribution in [-0.2, 0) is 6.54 Å². The highest BCUT2D eigenvalue weighted by atomic mass is 14.9. The molecular weight excluding hydrogens is 232 g/mol. The molecule has 2 nitrogen and oxygen atoms in total. The molecule has 0 aliphatic carbocycles. The van der Waals surface area contributed by atoms with Gasteiger partial charge in [-0.1, -0.05) is 52.2 Å². The summed E-state index contributed by atoms with van der Waals surface area (Å²) in [7, 11) is 0. The monoisotopic (exact) mass is 258 g/mol. The van der Waals surface area contributed by atoms with Crippen molar-refractivity contribution in [1.82, 2.24) is 5.32 Å². The molecule has 0 aliphatic rings. The number of hydrogen-bond donors (Lipinski definition) is 1. The molecule has 0 spiro atoms. The van der Waals surface area contributed by atoms with Crippen LogP contribution in [0.15, 0.2) is 24.3 Å². The lowest BCUT2D eigenvalue weighted by Gasteiger charge is -2.25. The van der Waals surface area contributed by atoms with Gasteiger partial charge in [0.1, 0.15) is 0 Å². The molecular formula is C17H26N2. The van der Waals surface area contributed by atoms with Gasteiger partial charge < -0.3 is 5.32 Å². The Morgan fingerprint density at radius 1 is 1.16 bits per heavy atom. The van der Waals surface area contributed by atoms with Crippen LogP contribution in [-0.4, -0.2) is 6.54 Å². The third-order valence-electron chi connectivity index (χ3n) is 3.47. The van der Waals surface area contributed by atoms with Crippen molar-refractivity contribution in [2.75, 3.05) is 6.54 Å². The Bertz CT molecular complexity index is 398. The average molecular weight is 258 g/mol. The number of hydrogen-bond acceptors (Lipinski definition) is 2. The maximum absolute atomic E-state index is 8.75. The molecule has 1 aromatic rings. The van der Waals surface area contributed by atoms with Crippen molar-refractivity contribution in [3.8, 4) is 6.07 Å². The van der Waals surface area contributed by atoms with Crippen molar-refractivity contribution >= 4 is 0 Å². The van der Waals surface area contributed by atoms with E-state index in [9.17, 15) is 0 Å². The predicted molar refractivity (Wildman–Crippen MR) is 80.8 cm³/mol. The summed E-state index contributed by atoms with van der Waals surface area (Å²) in [5.41, 5.74) is 2.33. The minimum absolute atomic E-state index is 0.363. The van der Waals surface area contributed by atoms with Crippen LogP contribution in [0.1, 0.15) is 57.6 Å². The van der Waals surface area contributed by atoms with Crippen LogP contribution in [0.3, 0.4) is 0 Å². The molecule has 1 N–H and O–H groups in total. The van der Waals surface area contributed by atoms with Crippen LogP contribution >= 0.6 is 0 Å². The minimum atomic E-state index is 0.363. The zero-order valence-electron chi connectivity index (χ0n) is 12.5. The van der Waals surface area contributed by atoms with Gasteiger partial charge in [-0.2, -0.15) is 5.26 Å². The van der Waals surface area contributed by atoms with Crippen LogP contribution in [0.4, 0.5) is 0 Å². The van der Waals surface area contributed by atoms with E-state index in [1.165, 1.54) is 31.2 Å². The highest BCUT2D eigenvalue weighted by Crippen LogP contribution is 2.22. The highest BCUT2D eigenvalue weighted by Gasteiger charge is 2.16. The molecule has 0 aromatic heterocycles. The van der Waals surface area contributed by atoms with E-state index in [0.29, 0.717) is 5.41 Å². The Hall–Kier alpha value is -1.33. The first-order chi connectivity index (χ1) is 9.07. The van der Waals surface area contributed by atoms with Gasteiger partial charge in [0.25, 0.3) is 0 Å². The van der Waals surface area contributed by atoms with Gasteiger partial charge in [-0.05, 0) is 29.5 Å². The first-order valence-corrected chi connectivity index (χ1v) is 7.27. The molecule has 0 saturated heterocycles. The Morgan fingerprint density at radius 3 is 2.42 bits per heavy atom. The van der Waals surface area contributed by atoms with E-state index < -0.39 is 0 Å². The fourth-order valence-electron chi connectivity index (χ4n) is 2.18. The largest absolute Gasteiger partial charge is 0.312 e.